The van der Waals surface area contributed by atoms with Crippen molar-refractivity contribution < 1.29 is 8.76 Å². The molecule has 2 rings (SSSR count). The van der Waals surface area contributed by atoms with Crippen molar-refractivity contribution in [3.05, 3.63) is 70.1 Å². The van der Waals surface area contributed by atoms with Crippen LogP contribution in [0.25, 0.3) is 5.57 Å². The van der Waals surface area contributed by atoms with Gasteiger partial charge in [0.2, 0.25) is 0 Å². The van der Waals surface area contributed by atoms with Crippen LogP contribution in [0.3, 0.4) is 0 Å². The van der Waals surface area contributed by atoms with E-state index in [0.29, 0.717) is 0 Å². The Kier molecular flexibility index (Phi) is 5.05. The largest absolute Gasteiger partial charge is 0.755 e. The Morgan fingerprint density at radius 3 is 2.75 bits per heavy atom. The fourth-order valence-electron chi connectivity index (χ4n) is 1.82. The first-order chi connectivity index (χ1) is 9.58. The standard InChI is InChI=1S/C14H13BrN2O2S/c1-10-13(7-12(15)8-16-10)14(9-17-20(18)19)11-5-3-2-4-6-11/h2-9,17H,1H3,(H,18,19)/p-1/b14-9+. The fraction of sp³-hybridized carbons (Fsp3) is 0.0714. The van der Waals surface area contributed by atoms with E-state index < -0.39 is 11.3 Å². The number of benzene rings is 1. The third-order valence-electron chi connectivity index (χ3n) is 2.73. The van der Waals surface area contributed by atoms with Gasteiger partial charge in [-0.2, -0.15) is 0 Å². The Labute approximate surface area is 128 Å². The molecule has 0 fully saturated rings. The van der Waals surface area contributed by atoms with Crippen molar-refractivity contribution in [1.82, 2.24) is 9.71 Å². The molecule has 6 heteroatoms. The number of nitrogens with zero attached hydrogens (tertiary/aromatic N) is 1. The van der Waals surface area contributed by atoms with E-state index >= 15 is 0 Å². The van der Waals surface area contributed by atoms with E-state index in [1.165, 1.54) is 6.20 Å². The van der Waals surface area contributed by atoms with E-state index in [1.54, 1.807) is 6.20 Å². The van der Waals surface area contributed by atoms with Crippen LogP contribution in [0.4, 0.5) is 0 Å². The summed E-state index contributed by atoms with van der Waals surface area (Å²) >= 11 is 1.03. The van der Waals surface area contributed by atoms with Crippen LogP contribution in [0.5, 0.6) is 0 Å². The van der Waals surface area contributed by atoms with Crippen LogP contribution in [0.15, 0.2) is 53.3 Å². The van der Waals surface area contributed by atoms with Crippen molar-refractivity contribution in [2.45, 2.75) is 6.92 Å². The van der Waals surface area contributed by atoms with Crippen LogP contribution < -0.4 is 4.72 Å². The SMILES string of the molecule is Cc1ncc(Br)cc1/C(=C/NS(=O)[O-])c1ccccc1. The molecule has 4 nitrogen and oxygen atoms in total. The molecule has 1 aromatic heterocycles. The lowest BCUT2D eigenvalue weighted by molar-refractivity contribution is 0.531. The molecule has 0 aliphatic heterocycles. The number of aromatic nitrogens is 1. The van der Waals surface area contributed by atoms with Crippen molar-refractivity contribution in [3.8, 4) is 0 Å². The van der Waals surface area contributed by atoms with Crippen molar-refractivity contribution in [2.75, 3.05) is 0 Å². The third kappa shape index (κ3) is 3.75. The summed E-state index contributed by atoms with van der Waals surface area (Å²) in [5.41, 5.74) is 3.36. The van der Waals surface area contributed by atoms with Crippen LogP contribution in [0.2, 0.25) is 0 Å². The van der Waals surface area contributed by atoms with E-state index in [0.717, 1.165) is 26.9 Å². The molecule has 0 radical (unpaired) electrons. The molecular weight excluding hydrogens is 340 g/mol. The molecule has 0 aliphatic carbocycles. The highest BCUT2D eigenvalue weighted by Crippen LogP contribution is 2.26. The lowest BCUT2D eigenvalue weighted by Crippen LogP contribution is -2.10. The summed E-state index contributed by atoms with van der Waals surface area (Å²) in [5, 5.41) is 0. The van der Waals surface area contributed by atoms with E-state index in [1.807, 2.05) is 43.3 Å². The minimum absolute atomic E-state index is 0.765. The summed E-state index contributed by atoms with van der Waals surface area (Å²) in [6, 6.07) is 11.5. The number of nitrogens with one attached hydrogen (secondary N) is 1. The summed E-state index contributed by atoms with van der Waals surface area (Å²) in [4.78, 5) is 4.28. The highest BCUT2D eigenvalue weighted by molar-refractivity contribution is 9.10. The molecule has 2 aromatic rings. The van der Waals surface area contributed by atoms with E-state index in [-0.39, 0.29) is 0 Å². The first-order valence-corrected chi connectivity index (χ1v) is 7.68. The van der Waals surface area contributed by atoms with E-state index in [4.69, 9.17) is 0 Å². The van der Waals surface area contributed by atoms with Gasteiger partial charge in [0.05, 0.1) is 0 Å². The molecule has 0 saturated carbocycles. The van der Waals surface area contributed by atoms with Crippen LogP contribution >= 0.6 is 15.9 Å². The normalized spacial score (nSPS) is 13.1. The minimum atomic E-state index is -2.35. The summed E-state index contributed by atoms with van der Waals surface area (Å²) < 4.78 is 24.6. The van der Waals surface area contributed by atoms with Crippen LogP contribution in [-0.4, -0.2) is 13.7 Å². The Balaban J connectivity index is 2.55. The smallest absolute Gasteiger partial charge is 0.0452 e. The van der Waals surface area contributed by atoms with Gasteiger partial charge in [-0.25, -0.2) is 0 Å². The molecule has 0 amide bonds. The number of halogens is 1. The lowest BCUT2D eigenvalue weighted by Gasteiger charge is -2.13. The number of rotatable bonds is 4. The first-order valence-electron chi connectivity index (χ1n) is 5.81. The Bertz CT molecular complexity index is 659. The number of aryl methyl sites for hydroxylation is 1. The zero-order chi connectivity index (χ0) is 14.5. The van der Waals surface area contributed by atoms with Gasteiger partial charge in [0.25, 0.3) is 0 Å². The zero-order valence-electron chi connectivity index (χ0n) is 10.7. The van der Waals surface area contributed by atoms with E-state index in [9.17, 15) is 8.76 Å². The lowest BCUT2D eigenvalue weighted by atomic mass is 9.98. The molecule has 1 atom stereocenters. The molecule has 0 aliphatic rings. The second-order valence-corrected chi connectivity index (χ2v) is 5.68. The average Bonchev–Trinajstić information content (AvgIpc) is 2.43. The quantitative estimate of drug-likeness (QED) is 0.861. The Morgan fingerprint density at radius 1 is 1.40 bits per heavy atom. The number of hydrogen-bond acceptors (Lipinski definition) is 3. The summed E-state index contributed by atoms with van der Waals surface area (Å²) in [5.74, 6) is 0. The highest BCUT2D eigenvalue weighted by atomic mass is 79.9. The molecule has 1 heterocycles. The molecule has 20 heavy (non-hydrogen) atoms. The highest BCUT2D eigenvalue weighted by Gasteiger charge is 2.09. The van der Waals surface area contributed by atoms with Gasteiger partial charge in [-0.3, -0.25) is 9.19 Å². The number of hydrogen-bond donors (Lipinski definition) is 1. The molecular formula is C14H12BrN2O2S-. The maximum atomic E-state index is 10.7. The second kappa shape index (κ2) is 6.78. The van der Waals surface area contributed by atoms with Gasteiger partial charge >= 0.3 is 0 Å². The van der Waals surface area contributed by atoms with Crippen LogP contribution in [0, 0.1) is 6.92 Å². The van der Waals surface area contributed by atoms with Gasteiger partial charge in [-0.05, 0) is 34.5 Å². The molecule has 1 aromatic carbocycles. The predicted octanol–water partition coefficient (Wildman–Crippen LogP) is 2.93. The topological polar surface area (TPSA) is 65.0 Å². The van der Waals surface area contributed by atoms with Crippen molar-refractivity contribution in [2.24, 2.45) is 0 Å². The molecule has 1 unspecified atom stereocenters. The first kappa shape index (κ1) is 14.9. The number of pyridine rings is 1. The molecule has 0 spiro atoms. The summed E-state index contributed by atoms with van der Waals surface area (Å²) in [6.45, 7) is 1.88. The summed E-state index contributed by atoms with van der Waals surface area (Å²) in [7, 11) is 0. The Hall–Kier alpha value is -1.50. The van der Waals surface area contributed by atoms with Gasteiger partial charge < -0.3 is 9.27 Å². The zero-order valence-corrected chi connectivity index (χ0v) is 13.1. The van der Waals surface area contributed by atoms with Crippen LogP contribution in [0.1, 0.15) is 16.8 Å². The fourth-order valence-corrected chi connectivity index (χ4v) is 2.37. The monoisotopic (exact) mass is 351 g/mol. The molecule has 104 valence electrons. The van der Waals surface area contributed by atoms with Gasteiger partial charge in [-0.1, -0.05) is 30.3 Å². The van der Waals surface area contributed by atoms with Crippen molar-refractivity contribution in [3.63, 3.8) is 0 Å². The Morgan fingerprint density at radius 2 is 2.10 bits per heavy atom. The molecule has 1 N–H and O–H groups in total. The third-order valence-corrected chi connectivity index (χ3v) is 3.47. The predicted molar refractivity (Wildman–Crippen MR) is 82.3 cm³/mol. The minimum Gasteiger partial charge on any atom is -0.755 e. The van der Waals surface area contributed by atoms with E-state index in [2.05, 4.69) is 25.6 Å². The molecule has 0 saturated heterocycles. The van der Waals surface area contributed by atoms with Crippen LogP contribution in [-0.2, 0) is 11.3 Å². The molecule has 0 bridgehead atoms. The second-order valence-electron chi connectivity index (χ2n) is 4.06. The van der Waals surface area contributed by atoms with Gasteiger partial charge in [0.15, 0.2) is 0 Å². The van der Waals surface area contributed by atoms with Gasteiger partial charge in [0, 0.05) is 45.0 Å². The van der Waals surface area contributed by atoms with Gasteiger partial charge in [0.1, 0.15) is 0 Å². The van der Waals surface area contributed by atoms with Crippen molar-refractivity contribution >= 4 is 32.8 Å². The maximum Gasteiger partial charge on any atom is 0.0452 e. The van der Waals surface area contributed by atoms with Gasteiger partial charge in [-0.15, -0.1) is 0 Å². The average molecular weight is 352 g/mol. The van der Waals surface area contributed by atoms with Crippen molar-refractivity contribution in [1.29, 1.82) is 0 Å². The maximum absolute atomic E-state index is 10.7. The summed E-state index contributed by atoms with van der Waals surface area (Å²) in [6.07, 6.45) is 3.18.